The molecular weight excluding hydrogens is 212 g/mol. The van der Waals surface area contributed by atoms with Gasteiger partial charge < -0.3 is 15.4 Å². The molecule has 0 saturated carbocycles. The van der Waals surface area contributed by atoms with E-state index in [1.54, 1.807) is 0 Å². The van der Waals surface area contributed by atoms with Gasteiger partial charge in [0.1, 0.15) is 6.29 Å². The van der Waals surface area contributed by atoms with Crippen LogP contribution in [-0.4, -0.2) is 25.4 Å². The molecule has 0 aliphatic heterocycles. The SMILES string of the molecule is C=C(C)CC(CC=O)NC(=C)CC(CC)NC. The van der Waals surface area contributed by atoms with E-state index in [0.29, 0.717) is 12.5 Å². The van der Waals surface area contributed by atoms with Crippen molar-refractivity contribution in [2.24, 2.45) is 0 Å². The molecular formula is C14H26N2O. The van der Waals surface area contributed by atoms with Crippen LogP contribution in [0.3, 0.4) is 0 Å². The molecule has 0 aromatic rings. The first-order chi connectivity index (χ1) is 8.03. The summed E-state index contributed by atoms with van der Waals surface area (Å²) in [5, 5.41) is 6.56. The van der Waals surface area contributed by atoms with E-state index < -0.39 is 0 Å². The molecule has 0 saturated heterocycles. The molecule has 2 unspecified atom stereocenters. The summed E-state index contributed by atoms with van der Waals surface area (Å²) in [6.45, 7) is 12.0. The third-order valence-corrected chi connectivity index (χ3v) is 2.78. The summed E-state index contributed by atoms with van der Waals surface area (Å²) in [6, 6.07) is 0.573. The molecule has 0 bridgehead atoms. The van der Waals surface area contributed by atoms with Gasteiger partial charge in [-0.1, -0.05) is 19.1 Å². The van der Waals surface area contributed by atoms with E-state index >= 15 is 0 Å². The summed E-state index contributed by atoms with van der Waals surface area (Å²) in [5.41, 5.74) is 2.07. The molecule has 0 rings (SSSR count). The molecule has 0 spiro atoms. The predicted octanol–water partition coefficient (Wildman–Crippen LogP) is 2.40. The van der Waals surface area contributed by atoms with E-state index in [2.05, 4.69) is 30.7 Å². The standard InChI is InChI=1S/C14H26N2O/c1-6-13(15-5)10-12(4)16-14(7-8-17)9-11(2)3/h8,13-16H,2,4,6-7,9-10H2,1,3,5H3. The molecule has 0 aromatic heterocycles. The Morgan fingerprint density at radius 1 is 1.29 bits per heavy atom. The Morgan fingerprint density at radius 3 is 2.35 bits per heavy atom. The van der Waals surface area contributed by atoms with Gasteiger partial charge in [-0.2, -0.15) is 0 Å². The topological polar surface area (TPSA) is 41.1 Å². The third-order valence-electron chi connectivity index (χ3n) is 2.78. The number of rotatable bonds is 10. The summed E-state index contributed by atoms with van der Waals surface area (Å²) < 4.78 is 0. The van der Waals surface area contributed by atoms with Gasteiger partial charge in [-0.3, -0.25) is 0 Å². The highest BCUT2D eigenvalue weighted by atomic mass is 16.1. The van der Waals surface area contributed by atoms with Crippen molar-refractivity contribution < 1.29 is 4.79 Å². The van der Waals surface area contributed by atoms with E-state index in [1.807, 2.05) is 14.0 Å². The van der Waals surface area contributed by atoms with Gasteiger partial charge in [0.05, 0.1) is 0 Å². The molecule has 2 atom stereocenters. The van der Waals surface area contributed by atoms with Gasteiger partial charge in [0, 0.05) is 30.6 Å². The first kappa shape index (κ1) is 15.9. The lowest BCUT2D eigenvalue weighted by molar-refractivity contribution is -0.108. The second-order valence-corrected chi connectivity index (χ2v) is 4.61. The summed E-state index contributed by atoms with van der Waals surface area (Å²) in [4.78, 5) is 10.6. The van der Waals surface area contributed by atoms with Crippen molar-refractivity contribution in [2.75, 3.05) is 7.05 Å². The van der Waals surface area contributed by atoms with E-state index in [9.17, 15) is 4.79 Å². The van der Waals surface area contributed by atoms with Gasteiger partial charge in [-0.25, -0.2) is 0 Å². The van der Waals surface area contributed by atoms with Crippen LogP contribution in [0.4, 0.5) is 0 Å². The molecule has 17 heavy (non-hydrogen) atoms. The zero-order valence-electron chi connectivity index (χ0n) is 11.4. The Morgan fingerprint density at radius 2 is 1.94 bits per heavy atom. The second kappa shape index (κ2) is 8.99. The van der Waals surface area contributed by atoms with Gasteiger partial charge in [0.15, 0.2) is 0 Å². The van der Waals surface area contributed by atoms with Crippen LogP contribution in [0.25, 0.3) is 0 Å². The van der Waals surface area contributed by atoms with Gasteiger partial charge in [0.2, 0.25) is 0 Å². The Balaban J connectivity index is 4.19. The van der Waals surface area contributed by atoms with Crippen molar-refractivity contribution in [2.45, 2.75) is 51.6 Å². The number of carbonyl (C=O) groups is 1. The Hall–Kier alpha value is -1.09. The summed E-state index contributed by atoms with van der Waals surface area (Å²) in [5.74, 6) is 0. The summed E-state index contributed by atoms with van der Waals surface area (Å²) in [7, 11) is 1.96. The van der Waals surface area contributed by atoms with Crippen LogP contribution in [0, 0.1) is 0 Å². The minimum absolute atomic E-state index is 0.131. The van der Waals surface area contributed by atoms with Gasteiger partial charge >= 0.3 is 0 Å². The number of hydrogen-bond donors (Lipinski definition) is 2. The number of carbonyl (C=O) groups excluding carboxylic acids is 1. The maximum Gasteiger partial charge on any atom is 0.122 e. The molecule has 0 radical (unpaired) electrons. The fourth-order valence-corrected chi connectivity index (χ4v) is 1.83. The zero-order chi connectivity index (χ0) is 13.3. The minimum Gasteiger partial charge on any atom is -0.385 e. The van der Waals surface area contributed by atoms with Crippen LogP contribution in [0.5, 0.6) is 0 Å². The lowest BCUT2D eigenvalue weighted by Gasteiger charge is -2.22. The van der Waals surface area contributed by atoms with Crippen LogP contribution in [0.2, 0.25) is 0 Å². The highest BCUT2D eigenvalue weighted by Crippen LogP contribution is 2.10. The average Bonchev–Trinajstić information content (AvgIpc) is 2.25. The first-order valence-corrected chi connectivity index (χ1v) is 6.23. The van der Waals surface area contributed by atoms with E-state index in [0.717, 1.165) is 36.8 Å². The third kappa shape index (κ3) is 7.75. The van der Waals surface area contributed by atoms with Crippen molar-refractivity contribution in [3.63, 3.8) is 0 Å². The average molecular weight is 238 g/mol. The van der Waals surface area contributed by atoms with Crippen LogP contribution >= 0.6 is 0 Å². The summed E-state index contributed by atoms with van der Waals surface area (Å²) in [6.07, 6.45) is 4.22. The lowest BCUT2D eigenvalue weighted by atomic mass is 10.0. The molecule has 98 valence electrons. The maximum atomic E-state index is 10.6. The van der Waals surface area contributed by atoms with E-state index in [-0.39, 0.29) is 6.04 Å². The van der Waals surface area contributed by atoms with Gasteiger partial charge in [0.25, 0.3) is 0 Å². The Bertz CT molecular complexity index is 257. The molecule has 2 N–H and O–H groups in total. The molecule has 0 aliphatic carbocycles. The van der Waals surface area contributed by atoms with E-state index in [1.165, 1.54) is 0 Å². The number of aldehydes is 1. The largest absolute Gasteiger partial charge is 0.385 e. The lowest BCUT2D eigenvalue weighted by Crippen LogP contribution is -2.33. The predicted molar refractivity (Wildman–Crippen MR) is 73.9 cm³/mol. The van der Waals surface area contributed by atoms with Crippen LogP contribution < -0.4 is 10.6 Å². The summed E-state index contributed by atoms with van der Waals surface area (Å²) >= 11 is 0. The fourth-order valence-electron chi connectivity index (χ4n) is 1.83. The van der Waals surface area contributed by atoms with Crippen molar-refractivity contribution in [3.8, 4) is 0 Å². The van der Waals surface area contributed by atoms with Gasteiger partial charge in [-0.15, -0.1) is 6.58 Å². The maximum absolute atomic E-state index is 10.6. The molecule has 3 nitrogen and oxygen atoms in total. The normalized spacial score (nSPS) is 13.8. The van der Waals surface area contributed by atoms with Crippen molar-refractivity contribution in [1.82, 2.24) is 10.6 Å². The van der Waals surface area contributed by atoms with Crippen LogP contribution in [-0.2, 0) is 4.79 Å². The second-order valence-electron chi connectivity index (χ2n) is 4.61. The van der Waals surface area contributed by atoms with Crippen LogP contribution in [0.1, 0.15) is 39.5 Å². The monoisotopic (exact) mass is 238 g/mol. The fraction of sp³-hybridized carbons (Fsp3) is 0.643. The van der Waals surface area contributed by atoms with Crippen molar-refractivity contribution in [3.05, 3.63) is 24.4 Å². The molecule has 0 heterocycles. The quantitative estimate of drug-likeness (QED) is 0.453. The number of hydrogen-bond acceptors (Lipinski definition) is 3. The zero-order valence-corrected chi connectivity index (χ0v) is 11.4. The molecule has 3 heteroatoms. The Kier molecular flexibility index (Phi) is 8.42. The highest BCUT2D eigenvalue weighted by Gasteiger charge is 2.11. The molecule has 0 amide bonds. The van der Waals surface area contributed by atoms with Gasteiger partial charge in [-0.05, 0) is 26.8 Å². The minimum atomic E-state index is 0.131. The van der Waals surface area contributed by atoms with Crippen molar-refractivity contribution in [1.29, 1.82) is 0 Å². The van der Waals surface area contributed by atoms with E-state index in [4.69, 9.17) is 0 Å². The molecule has 0 aliphatic rings. The smallest absolute Gasteiger partial charge is 0.122 e. The molecule has 0 aromatic carbocycles. The number of nitrogens with one attached hydrogen (secondary N) is 2. The van der Waals surface area contributed by atoms with Crippen molar-refractivity contribution >= 4 is 6.29 Å². The first-order valence-electron chi connectivity index (χ1n) is 6.23. The van der Waals surface area contributed by atoms with Crippen LogP contribution in [0.15, 0.2) is 24.4 Å². The highest BCUT2D eigenvalue weighted by molar-refractivity contribution is 5.50. The molecule has 0 fully saturated rings. The Labute approximate surface area is 105 Å².